The standard InChI is InChI=1S/C13H15NO2/c1-10(2)13(3,9-14)12(15)16-11-7-5-4-6-8-11/h4-8,10H,1-3H3. The van der Waals surface area contributed by atoms with Crippen molar-refractivity contribution < 1.29 is 9.53 Å². The maximum atomic E-state index is 11.9. The lowest BCUT2D eigenvalue weighted by atomic mass is 9.81. The molecule has 0 fully saturated rings. The van der Waals surface area contributed by atoms with Crippen molar-refractivity contribution in [3.8, 4) is 11.8 Å². The van der Waals surface area contributed by atoms with Crippen LogP contribution in [0.5, 0.6) is 5.75 Å². The van der Waals surface area contributed by atoms with Crippen molar-refractivity contribution in [3.05, 3.63) is 30.3 Å². The monoisotopic (exact) mass is 217 g/mol. The normalized spacial score (nSPS) is 13.9. The highest BCUT2D eigenvalue weighted by Gasteiger charge is 2.38. The van der Waals surface area contributed by atoms with E-state index in [4.69, 9.17) is 10.00 Å². The lowest BCUT2D eigenvalue weighted by Gasteiger charge is -2.23. The maximum absolute atomic E-state index is 11.9. The Labute approximate surface area is 95.7 Å². The molecule has 0 aliphatic heterocycles. The summed E-state index contributed by atoms with van der Waals surface area (Å²) in [5.41, 5.74) is -1.10. The third kappa shape index (κ3) is 2.40. The van der Waals surface area contributed by atoms with Crippen LogP contribution in [0.4, 0.5) is 0 Å². The molecule has 1 rings (SSSR count). The van der Waals surface area contributed by atoms with Gasteiger partial charge in [-0.2, -0.15) is 5.26 Å². The molecule has 3 nitrogen and oxygen atoms in total. The molecule has 0 bridgehead atoms. The molecule has 1 aromatic carbocycles. The molecule has 0 aromatic heterocycles. The van der Waals surface area contributed by atoms with Crippen LogP contribution in [0, 0.1) is 22.7 Å². The minimum absolute atomic E-state index is 0.0892. The van der Waals surface area contributed by atoms with E-state index in [2.05, 4.69) is 0 Å². The van der Waals surface area contributed by atoms with E-state index in [1.165, 1.54) is 0 Å². The van der Waals surface area contributed by atoms with Gasteiger partial charge in [-0.1, -0.05) is 32.0 Å². The fourth-order valence-electron chi connectivity index (χ4n) is 1.11. The van der Waals surface area contributed by atoms with Gasteiger partial charge in [0.25, 0.3) is 0 Å². The van der Waals surface area contributed by atoms with Crippen LogP contribution in [0.1, 0.15) is 20.8 Å². The van der Waals surface area contributed by atoms with Crippen LogP contribution in [0.25, 0.3) is 0 Å². The highest BCUT2D eigenvalue weighted by molar-refractivity contribution is 5.81. The second kappa shape index (κ2) is 4.80. The van der Waals surface area contributed by atoms with E-state index in [0.717, 1.165) is 0 Å². The SMILES string of the molecule is CC(C)C(C)(C#N)C(=O)Oc1ccccc1. The summed E-state index contributed by atoms with van der Waals surface area (Å²) in [4.78, 5) is 11.9. The second-order valence-electron chi connectivity index (χ2n) is 4.17. The minimum Gasteiger partial charge on any atom is -0.425 e. The zero-order chi connectivity index (χ0) is 12.2. The molecule has 0 saturated heterocycles. The molecule has 0 spiro atoms. The molecule has 0 aliphatic rings. The van der Waals surface area contributed by atoms with Gasteiger partial charge >= 0.3 is 5.97 Å². The van der Waals surface area contributed by atoms with Crippen molar-refractivity contribution in [3.63, 3.8) is 0 Å². The van der Waals surface area contributed by atoms with Crippen molar-refractivity contribution >= 4 is 5.97 Å². The van der Waals surface area contributed by atoms with Crippen LogP contribution in [-0.2, 0) is 4.79 Å². The van der Waals surface area contributed by atoms with Gasteiger partial charge in [0.2, 0.25) is 0 Å². The van der Waals surface area contributed by atoms with Crippen molar-refractivity contribution in [1.29, 1.82) is 5.26 Å². The molecule has 1 aromatic rings. The van der Waals surface area contributed by atoms with E-state index in [1.54, 1.807) is 31.2 Å². The zero-order valence-electron chi connectivity index (χ0n) is 9.73. The van der Waals surface area contributed by atoms with Gasteiger partial charge in [-0.15, -0.1) is 0 Å². The summed E-state index contributed by atoms with van der Waals surface area (Å²) in [6.45, 7) is 5.26. The van der Waals surface area contributed by atoms with E-state index in [0.29, 0.717) is 5.75 Å². The van der Waals surface area contributed by atoms with E-state index in [1.807, 2.05) is 26.0 Å². The Morgan fingerprint density at radius 2 is 1.94 bits per heavy atom. The predicted octanol–water partition coefficient (Wildman–Crippen LogP) is 2.78. The summed E-state index contributed by atoms with van der Waals surface area (Å²) in [6, 6.07) is 10.8. The fourth-order valence-corrected chi connectivity index (χ4v) is 1.11. The largest absolute Gasteiger partial charge is 0.425 e. The topological polar surface area (TPSA) is 50.1 Å². The van der Waals surface area contributed by atoms with Crippen LogP contribution in [-0.4, -0.2) is 5.97 Å². The number of nitrogens with zero attached hydrogens (tertiary/aromatic N) is 1. The summed E-state index contributed by atoms with van der Waals surface area (Å²) in [6.07, 6.45) is 0. The number of hydrogen-bond acceptors (Lipinski definition) is 3. The number of rotatable bonds is 3. The highest BCUT2D eigenvalue weighted by atomic mass is 16.5. The quantitative estimate of drug-likeness (QED) is 0.577. The molecule has 0 amide bonds. The van der Waals surface area contributed by atoms with E-state index >= 15 is 0 Å². The van der Waals surface area contributed by atoms with Crippen molar-refractivity contribution in [2.75, 3.05) is 0 Å². The van der Waals surface area contributed by atoms with Gasteiger partial charge in [0, 0.05) is 0 Å². The number of hydrogen-bond donors (Lipinski definition) is 0. The van der Waals surface area contributed by atoms with E-state index < -0.39 is 11.4 Å². The van der Waals surface area contributed by atoms with Gasteiger partial charge in [0.1, 0.15) is 5.75 Å². The molecule has 3 heteroatoms. The minimum atomic E-state index is -1.10. The Kier molecular flexibility index (Phi) is 3.68. The van der Waals surface area contributed by atoms with E-state index in [-0.39, 0.29) is 5.92 Å². The van der Waals surface area contributed by atoms with Gasteiger partial charge in [0.15, 0.2) is 5.41 Å². The fraction of sp³-hybridized carbons (Fsp3) is 0.385. The number of benzene rings is 1. The molecule has 0 saturated carbocycles. The molecule has 16 heavy (non-hydrogen) atoms. The summed E-state index contributed by atoms with van der Waals surface area (Å²) >= 11 is 0. The van der Waals surface area contributed by atoms with Crippen molar-refractivity contribution in [2.45, 2.75) is 20.8 Å². The van der Waals surface area contributed by atoms with Gasteiger partial charge in [-0.25, -0.2) is 4.79 Å². The smallest absolute Gasteiger partial charge is 0.331 e. The Hall–Kier alpha value is -1.82. The third-order valence-electron chi connectivity index (χ3n) is 2.76. The first-order chi connectivity index (χ1) is 7.50. The molecular formula is C13H15NO2. The van der Waals surface area contributed by atoms with Crippen LogP contribution < -0.4 is 4.74 Å². The van der Waals surface area contributed by atoms with Crippen LogP contribution >= 0.6 is 0 Å². The van der Waals surface area contributed by atoms with Crippen molar-refractivity contribution in [1.82, 2.24) is 0 Å². The molecule has 0 aliphatic carbocycles. The molecule has 84 valence electrons. The van der Waals surface area contributed by atoms with Crippen molar-refractivity contribution in [2.24, 2.45) is 11.3 Å². The Morgan fingerprint density at radius 1 is 1.38 bits per heavy atom. The maximum Gasteiger partial charge on any atom is 0.331 e. The third-order valence-corrected chi connectivity index (χ3v) is 2.76. The number of carbonyl (C=O) groups excluding carboxylic acids is 1. The molecule has 0 radical (unpaired) electrons. The number of para-hydroxylation sites is 1. The summed E-state index contributed by atoms with van der Waals surface area (Å²) in [5, 5.41) is 9.05. The lowest BCUT2D eigenvalue weighted by Crippen LogP contribution is -2.35. The first-order valence-electron chi connectivity index (χ1n) is 5.19. The number of ether oxygens (including phenoxy) is 1. The van der Waals surface area contributed by atoms with Crippen LogP contribution in [0.15, 0.2) is 30.3 Å². The van der Waals surface area contributed by atoms with Gasteiger partial charge in [-0.05, 0) is 25.0 Å². The van der Waals surface area contributed by atoms with Crippen LogP contribution in [0.3, 0.4) is 0 Å². The Balaban J connectivity index is 2.84. The summed E-state index contributed by atoms with van der Waals surface area (Å²) in [7, 11) is 0. The molecular weight excluding hydrogens is 202 g/mol. The first-order valence-corrected chi connectivity index (χ1v) is 5.19. The number of carbonyl (C=O) groups is 1. The van der Waals surface area contributed by atoms with E-state index in [9.17, 15) is 4.79 Å². The second-order valence-corrected chi connectivity index (χ2v) is 4.17. The Morgan fingerprint density at radius 3 is 2.38 bits per heavy atom. The summed E-state index contributed by atoms with van der Waals surface area (Å²) in [5.74, 6) is -0.125. The molecule has 0 heterocycles. The highest BCUT2D eigenvalue weighted by Crippen LogP contribution is 2.28. The Bertz CT molecular complexity index is 406. The number of esters is 1. The first kappa shape index (κ1) is 12.3. The lowest BCUT2D eigenvalue weighted by molar-refractivity contribution is -0.143. The molecule has 1 atom stereocenters. The average molecular weight is 217 g/mol. The van der Waals surface area contributed by atoms with Gasteiger partial charge < -0.3 is 4.74 Å². The predicted molar refractivity (Wildman–Crippen MR) is 60.6 cm³/mol. The van der Waals surface area contributed by atoms with Gasteiger partial charge in [-0.3, -0.25) is 0 Å². The summed E-state index contributed by atoms with van der Waals surface area (Å²) < 4.78 is 5.17. The number of nitriles is 1. The molecule has 1 unspecified atom stereocenters. The molecule has 0 N–H and O–H groups in total. The zero-order valence-corrected chi connectivity index (χ0v) is 9.73. The average Bonchev–Trinajstić information content (AvgIpc) is 2.28. The van der Waals surface area contributed by atoms with Gasteiger partial charge in [0.05, 0.1) is 6.07 Å². The van der Waals surface area contributed by atoms with Crippen LogP contribution in [0.2, 0.25) is 0 Å².